The number of pyridine rings is 5. The van der Waals surface area contributed by atoms with E-state index in [1.165, 1.54) is 17.7 Å². The van der Waals surface area contributed by atoms with Crippen LogP contribution in [0, 0.1) is 0 Å². The van der Waals surface area contributed by atoms with E-state index >= 15 is 0 Å². The van der Waals surface area contributed by atoms with E-state index in [2.05, 4.69) is 25.2 Å². The first-order valence-corrected chi connectivity index (χ1v) is 18.9. The lowest BCUT2D eigenvalue weighted by Gasteiger charge is -2.39. The summed E-state index contributed by atoms with van der Waals surface area (Å²) in [7, 11) is 3.10. The molecule has 1 N–H and O–H groups in total. The first-order valence-electron chi connectivity index (χ1n) is 18.9. The molecule has 0 radical (unpaired) electrons. The van der Waals surface area contributed by atoms with Crippen LogP contribution in [0.15, 0.2) is 70.5 Å². The predicted octanol–water partition coefficient (Wildman–Crippen LogP) is 4.19. The molecule has 1 fully saturated rings. The number of aromatic nitrogens is 5. The van der Waals surface area contributed by atoms with E-state index in [1.807, 2.05) is 39.0 Å². The average Bonchev–Trinajstić information content (AvgIpc) is 3.20. The van der Waals surface area contributed by atoms with Crippen molar-refractivity contribution in [1.29, 1.82) is 0 Å². The molecule has 0 spiro atoms. The number of methoxy groups -OCH3 is 2. The van der Waals surface area contributed by atoms with Crippen LogP contribution in [0.1, 0.15) is 51.3 Å². The minimum atomic E-state index is -0.628. The monoisotopic (exact) mass is 780 g/mol. The number of anilines is 1. The van der Waals surface area contributed by atoms with Crippen molar-refractivity contribution in [2.45, 2.75) is 77.7 Å². The van der Waals surface area contributed by atoms with Crippen molar-refractivity contribution >= 4 is 46.2 Å². The molecule has 2 amide bonds. The van der Waals surface area contributed by atoms with Crippen molar-refractivity contribution in [3.05, 3.63) is 92.9 Å². The van der Waals surface area contributed by atoms with Gasteiger partial charge in [0.2, 0.25) is 5.91 Å². The zero-order valence-corrected chi connectivity index (χ0v) is 32.9. The Morgan fingerprint density at radius 3 is 2.07 bits per heavy atom. The number of likely N-dealkylation sites (tertiary alicyclic amines) is 1. The summed E-state index contributed by atoms with van der Waals surface area (Å²) < 4.78 is 19.2. The predicted molar refractivity (Wildman–Crippen MR) is 214 cm³/mol. The number of fused-ring (bicyclic) bond motifs is 3. The van der Waals surface area contributed by atoms with Crippen LogP contribution < -0.4 is 25.9 Å². The molecule has 16 nitrogen and oxygen atoms in total. The van der Waals surface area contributed by atoms with Gasteiger partial charge in [-0.25, -0.2) is 9.78 Å². The van der Waals surface area contributed by atoms with Crippen LogP contribution in [0.3, 0.4) is 0 Å². The Bertz CT molecular complexity index is 2380. The summed E-state index contributed by atoms with van der Waals surface area (Å²) >= 11 is 0. The number of aldehydes is 1. The number of piperidine rings is 1. The Kier molecular flexibility index (Phi) is 12.6. The first kappa shape index (κ1) is 40.5. The van der Waals surface area contributed by atoms with Crippen LogP contribution in [0.5, 0.6) is 11.5 Å². The second-order valence-electron chi connectivity index (χ2n) is 14.9. The summed E-state index contributed by atoms with van der Waals surface area (Å²) in [5, 5.41) is 2.85. The van der Waals surface area contributed by atoms with Gasteiger partial charge in [0.05, 0.1) is 67.5 Å². The third-order valence-corrected chi connectivity index (χ3v) is 9.87. The maximum absolute atomic E-state index is 13.3. The molecule has 0 aromatic carbocycles. The fourth-order valence-corrected chi connectivity index (χ4v) is 6.92. The van der Waals surface area contributed by atoms with Gasteiger partial charge in [0.25, 0.3) is 11.1 Å². The highest BCUT2D eigenvalue weighted by atomic mass is 16.6. The zero-order valence-electron chi connectivity index (χ0n) is 32.9. The van der Waals surface area contributed by atoms with Crippen molar-refractivity contribution in [3.63, 3.8) is 0 Å². The number of aryl methyl sites for hydroxylation is 1. The van der Waals surface area contributed by atoms with Gasteiger partial charge in [-0.3, -0.25) is 33.8 Å². The van der Waals surface area contributed by atoms with E-state index in [4.69, 9.17) is 14.2 Å². The van der Waals surface area contributed by atoms with Crippen LogP contribution in [0.4, 0.5) is 10.6 Å². The van der Waals surface area contributed by atoms with E-state index in [-0.39, 0.29) is 35.7 Å². The number of hydrogen-bond acceptors (Lipinski definition) is 12. The summed E-state index contributed by atoms with van der Waals surface area (Å²) in [4.78, 5) is 77.3. The third kappa shape index (κ3) is 9.99. The van der Waals surface area contributed by atoms with Gasteiger partial charge in [0.15, 0.2) is 0 Å². The standard InChI is InChI=1S/C30H38N6O5.C11H10N2O3/c1-30(2,3)41-29(39)36(19-21-7-5-20-6-9-26(37)33-28(20)32-21)22-11-13-34(14-12-22)15-16-35-25-17-23(40-4)18-31-24(25)8-10-27(35)38;1-16-8-6-10-9(12-7-8)2-3-11(15)13(10)4-5-14/h5,7-8,10,17-18,22H,6,9,11-16,19H2,1-4H3,(H,32,33,37);2-3,5-7H,4H2,1H3. The number of nitrogens with one attached hydrogen (secondary N) is 1. The first-order chi connectivity index (χ1) is 27.3. The van der Waals surface area contributed by atoms with Crippen LogP contribution >= 0.6 is 0 Å². The fraction of sp³-hybridized carbons (Fsp3) is 0.415. The number of hydrogen-bond donors (Lipinski definition) is 1. The third-order valence-electron chi connectivity index (χ3n) is 9.87. The highest BCUT2D eigenvalue weighted by Crippen LogP contribution is 2.25. The van der Waals surface area contributed by atoms with E-state index in [1.54, 1.807) is 53.2 Å². The summed E-state index contributed by atoms with van der Waals surface area (Å²) in [5.74, 6) is 1.70. The number of amides is 2. The Balaban J connectivity index is 0.000000286. The molecule has 57 heavy (non-hydrogen) atoms. The summed E-state index contributed by atoms with van der Waals surface area (Å²) in [6.45, 7) is 8.67. The van der Waals surface area contributed by atoms with Gasteiger partial charge in [0, 0.05) is 62.9 Å². The minimum absolute atomic E-state index is 0.0189. The Labute approximate surface area is 329 Å². The van der Waals surface area contributed by atoms with Crippen molar-refractivity contribution in [2.24, 2.45) is 0 Å². The van der Waals surface area contributed by atoms with Gasteiger partial charge in [-0.2, -0.15) is 0 Å². The van der Waals surface area contributed by atoms with E-state index < -0.39 is 5.60 Å². The highest BCUT2D eigenvalue weighted by Gasteiger charge is 2.32. The van der Waals surface area contributed by atoms with Gasteiger partial charge in [-0.05, 0) is 63.8 Å². The summed E-state index contributed by atoms with van der Waals surface area (Å²) in [6.07, 6.45) is 6.17. The van der Waals surface area contributed by atoms with Gasteiger partial charge < -0.3 is 33.8 Å². The topological polar surface area (TPSA) is 180 Å². The molecular weight excluding hydrogens is 732 g/mol. The number of carbonyl (C=O) groups excluding carboxylic acids is 3. The normalized spacial score (nSPS) is 14.6. The molecule has 5 aromatic rings. The maximum atomic E-state index is 13.3. The molecule has 0 unspecified atom stereocenters. The fourth-order valence-electron chi connectivity index (χ4n) is 6.92. The second kappa shape index (κ2) is 17.7. The van der Waals surface area contributed by atoms with Crippen molar-refractivity contribution < 1.29 is 28.6 Å². The lowest BCUT2D eigenvalue weighted by molar-refractivity contribution is -0.116. The molecule has 5 aromatic heterocycles. The molecule has 1 saturated heterocycles. The number of ether oxygens (including phenoxy) is 3. The van der Waals surface area contributed by atoms with Gasteiger partial charge in [-0.1, -0.05) is 6.07 Å². The van der Waals surface area contributed by atoms with Crippen LogP contribution in [0.2, 0.25) is 0 Å². The molecule has 7 heterocycles. The van der Waals surface area contributed by atoms with E-state index in [9.17, 15) is 24.0 Å². The smallest absolute Gasteiger partial charge is 0.410 e. The second-order valence-corrected chi connectivity index (χ2v) is 14.9. The molecule has 0 bridgehead atoms. The van der Waals surface area contributed by atoms with Crippen molar-refractivity contribution in [3.8, 4) is 11.5 Å². The highest BCUT2D eigenvalue weighted by molar-refractivity contribution is 5.92. The Morgan fingerprint density at radius 2 is 1.47 bits per heavy atom. The number of rotatable bonds is 10. The molecule has 0 aliphatic carbocycles. The molecule has 2 aliphatic rings. The maximum Gasteiger partial charge on any atom is 0.410 e. The molecule has 0 atom stereocenters. The Hall–Kier alpha value is -6.16. The van der Waals surface area contributed by atoms with Crippen LogP contribution in [-0.2, 0) is 40.4 Å². The minimum Gasteiger partial charge on any atom is -0.495 e. The average molecular weight is 781 g/mol. The van der Waals surface area contributed by atoms with Gasteiger partial charge in [0.1, 0.15) is 29.2 Å². The molecular formula is C41H48N8O8. The van der Waals surface area contributed by atoms with Crippen molar-refractivity contribution in [2.75, 3.05) is 39.2 Å². The molecule has 7 rings (SSSR count). The molecule has 0 saturated carbocycles. The number of nitrogens with zero attached hydrogens (tertiary/aromatic N) is 7. The van der Waals surface area contributed by atoms with Gasteiger partial charge in [-0.15, -0.1) is 0 Å². The summed E-state index contributed by atoms with van der Waals surface area (Å²) in [5.41, 5.74) is 3.52. The SMILES string of the molecule is COc1cnc2ccc(=O)n(CC=O)c2c1.COc1cnc2ccc(=O)n(CCN3CCC(N(Cc4ccc5c(n4)NC(=O)CC5)C(=O)OC(C)(C)C)CC3)c2c1. The quantitative estimate of drug-likeness (QED) is 0.200. The van der Waals surface area contributed by atoms with Crippen molar-refractivity contribution in [1.82, 2.24) is 33.9 Å². The molecule has 2 aliphatic heterocycles. The lowest BCUT2D eigenvalue weighted by atomic mass is 10.0. The zero-order chi connectivity index (χ0) is 40.7. The van der Waals surface area contributed by atoms with E-state index in [0.717, 1.165) is 42.5 Å². The number of carbonyl (C=O) groups is 3. The largest absolute Gasteiger partial charge is 0.495 e. The van der Waals surface area contributed by atoms with E-state index in [0.29, 0.717) is 72.8 Å². The molecule has 300 valence electrons. The lowest BCUT2D eigenvalue weighted by Crippen LogP contribution is -2.49. The Morgan fingerprint density at radius 1 is 0.860 bits per heavy atom. The van der Waals surface area contributed by atoms with Crippen LogP contribution in [0.25, 0.3) is 22.1 Å². The van der Waals surface area contributed by atoms with Gasteiger partial charge >= 0.3 is 6.09 Å². The molecule has 16 heteroatoms. The van der Waals surface area contributed by atoms with Crippen LogP contribution in [-0.4, -0.2) is 97.7 Å². The summed E-state index contributed by atoms with van der Waals surface area (Å²) in [6, 6.07) is 13.7.